The largest absolute Gasteiger partial charge is 0.452 e. The first-order chi connectivity index (χ1) is 11.3. The van der Waals surface area contributed by atoms with E-state index in [0.29, 0.717) is 5.56 Å². The summed E-state index contributed by atoms with van der Waals surface area (Å²) in [6, 6.07) is 16.5. The molecule has 0 bridgehead atoms. The van der Waals surface area contributed by atoms with Crippen molar-refractivity contribution < 1.29 is 14.3 Å². The van der Waals surface area contributed by atoms with Crippen LogP contribution in [0, 0.1) is 0 Å². The molecule has 0 saturated carbocycles. The second-order valence-corrected chi connectivity index (χ2v) is 6.69. The summed E-state index contributed by atoms with van der Waals surface area (Å²) in [6.45, 7) is 6.04. The third-order valence-electron chi connectivity index (χ3n) is 3.83. The molecule has 126 valence electrons. The molecular weight excluding hydrogens is 302 g/mol. The predicted molar refractivity (Wildman–Crippen MR) is 95.3 cm³/mol. The summed E-state index contributed by atoms with van der Waals surface area (Å²) in [5.41, 5.74) is 2.36. The molecule has 0 radical (unpaired) electrons. The smallest absolute Gasteiger partial charge is 0.338 e. The minimum Gasteiger partial charge on any atom is -0.452 e. The number of hydrogen-bond donors (Lipinski definition) is 0. The summed E-state index contributed by atoms with van der Waals surface area (Å²) in [5.74, 6) is -0.772. The van der Waals surface area contributed by atoms with E-state index in [9.17, 15) is 9.59 Å². The van der Waals surface area contributed by atoms with Crippen LogP contribution in [0.4, 0.5) is 5.69 Å². The van der Waals surface area contributed by atoms with Gasteiger partial charge in [0.25, 0.3) is 5.91 Å². The van der Waals surface area contributed by atoms with Crippen molar-refractivity contribution in [3.8, 4) is 0 Å². The topological polar surface area (TPSA) is 46.6 Å². The highest BCUT2D eigenvalue weighted by molar-refractivity contribution is 5.96. The second kappa shape index (κ2) is 7.30. The molecule has 0 N–H and O–H groups in total. The fourth-order valence-electron chi connectivity index (χ4n) is 2.21. The van der Waals surface area contributed by atoms with Crippen LogP contribution >= 0.6 is 0 Å². The van der Waals surface area contributed by atoms with Crippen molar-refractivity contribution in [1.29, 1.82) is 0 Å². The van der Waals surface area contributed by atoms with Crippen molar-refractivity contribution in [2.45, 2.75) is 26.2 Å². The van der Waals surface area contributed by atoms with E-state index in [1.54, 1.807) is 19.2 Å². The summed E-state index contributed by atoms with van der Waals surface area (Å²) in [5, 5.41) is 0. The Hall–Kier alpha value is -2.62. The number of carbonyl (C=O) groups is 2. The van der Waals surface area contributed by atoms with Gasteiger partial charge in [-0.3, -0.25) is 4.79 Å². The van der Waals surface area contributed by atoms with E-state index in [1.807, 2.05) is 42.5 Å². The van der Waals surface area contributed by atoms with Gasteiger partial charge in [0.1, 0.15) is 0 Å². The number of likely N-dealkylation sites (N-methyl/N-ethyl adjacent to an activating group) is 1. The monoisotopic (exact) mass is 325 g/mol. The highest BCUT2D eigenvalue weighted by atomic mass is 16.5. The van der Waals surface area contributed by atoms with Gasteiger partial charge in [0.05, 0.1) is 5.56 Å². The van der Waals surface area contributed by atoms with Crippen molar-refractivity contribution in [2.75, 3.05) is 18.6 Å². The van der Waals surface area contributed by atoms with Gasteiger partial charge in [-0.1, -0.05) is 51.1 Å². The van der Waals surface area contributed by atoms with Gasteiger partial charge < -0.3 is 9.64 Å². The standard InChI is InChI=1S/C20H23NO3/c1-20(2,3)16-12-10-15(11-13-16)19(23)24-14-18(22)21(4)17-8-6-5-7-9-17/h5-13H,14H2,1-4H3. The normalized spacial score (nSPS) is 11.0. The van der Waals surface area contributed by atoms with E-state index in [4.69, 9.17) is 4.74 Å². The molecule has 0 saturated heterocycles. The molecule has 24 heavy (non-hydrogen) atoms. The number of benzene rings is 2. The number of carbonyl (C=O) groups excluding carboxylic acids is 2. The average molecular weight is 325 g/mol. The Kier molecular flexibility index (Phi) is 5.39. The molecule has 1 amide bonds. The SMILES string of the molecule is CN(C(=O)COC(=O)c1ccc(C(C)(C)C)cc1)c1ccccc1. The zero-order valence-corrected chi connectivity index (χ0v) is 14.6. The molecule has 2 rings (SSSR count). The van der Waals surface area contributed by atoms with Crippen LogP contribution in [0.3, 0.4) is 0 Å². The average Bonchev–Trinajstić information content (AvgIpc) is 2.58. The lowest BCUT2D eigenvalue weighted by Crippen LogP contribution is -2.31. The van der Waals surface area contributed by atoms with E-state index in [1.165, 1.54) is 4.90 Å². The molecule has 0 aliphatic rings. The molecule has 0 aliphatic carbocycles. The fourth-order valence-corrected chi connectivity index (χ4v) is 2.21. The molecular formula is C20H23NO3. The number of ether oxygens (including phenoxy) is 1. The molecule has 0 aliphatic heterocycles. The molecule has 2 aromatic carbocycles. The first-order valence-electron chi connectivity index (χ1n) is 7.88. The Morgan fingerprint density at radius 3 is 2.08 bits per heavy atom. The third-order valence-corrected chi connectivity index (χ3v) is 3.83. The lowest BCUT2D eigenvalue weighted by atomic mass is 9.87. The molecule has 0 unspecified atom stereocenters. The highest BCUT2D eigenvalue weighted by Crippen LogP contribution is 2.22. The summed E-state index contributed by atoms with van der Waals surface area (Å²) in [4.78, 5) is 25.7. The van der Waals surface area contributed by atoms with Crippen LogP contribution in [0.25, 0.3) is 0 Å². The lowest BCUT2D eigenvalue weighted by molar-refractivity contribution is -0.121. The maximum absolute atomic E-state index is 12.1. The van der Waals surface area contributed by atoms with Crippen molar-refractivity contribution >= 4 is 17.6 Å². The lowest BCUT2D eigenvalue weighted by Gasteiger charge is -2.19. The first-order valence-corrected chi connectivity index (χ1v) is 7.88. The molecule has 2 aromatic rings. The zero-order chi connectivity index (χ0) is 17.7. The molecule has 0 fully saturated rings. The van der Waals surface area contributed by atoms with Crippen LogP contribution in [0.15, 0.2) is 54.6 Å². The number of para-hydroxylation sites is 1. The van der Waals surface area contributed by atoms with Crippen molar-refractivity contribution in [2.24, 2.45) is 0 Å². The van der Waals surface area contributed by atoms with Crippen LogP contribution in [0.1, 0.15) is 36.7 Å². The number of anilines is 1. The second-order valence-electron chi connectivity index (χ2n) is 6.69. The van der Waals surface area contributed by atoms with Crippen LogP contribution in [-0.4, -0.2) is 25.5 Å². The predicted octanol–water partition coefficient (Wildman–Crippen LogP) is 3.80. The quantitative estimate of drug-likeness (QED) is 0.803. The number of hydrogen-bond acceptors (Lipinski definition) is 3. The Morgan fingerprint density at radius 2 is 1.54 bits per heavy atom. The number of rotatable bonds is 4. The van der Waals surface area contributed by atoms with Gasteiger partial charge in [-0.2, -0.15) is 0 Å². The molecule has 4 nitrogen and oxygen atoms in total. The van der Waals surface area contributed by atoms with Gasteiger partial charge in [0, 0.05) is 12.7 Å². The Balaban J connectivity index is 1.94. The fraction of sp³-hybridized carbons (Fsp3) is 0.300. The minimum atomic E-state index is -0.495. The Labute approximate surface area is 143 Å². The summed E-state index contributed by atoms with van der Waals surface area (Å²) in [7, 11) is 1.66. The summed E-state index contributed by atoms with van der Waals surface area (Å²) in [6.07, 6.45) is 0. The molecule has 4 heteroatoms. The van der Waals surface area contributed by atoms with E-state index in [-0.39, 0.29) is 17.9 Å². The van der Waals surface area contributed by atoms with Crippen LogP contribution in [0.2, 0.25) is 0 Å². The molecule has 0 aromatic heterocycles. The highest BCUT2D eigenvalue weighted by Gasteiger charge is 2.17. The first kappa shape index (κ1) is 17.7. The van der Waals surface area contributed by atoms with Crippen LogP contribution < -0.4 is 4.90 Å². The Bertz CT molecular complexity index is 700. The van der Waals surface area contributed by atoms with Crippen molar-refractivity contribution in [3.63, 3.8) is 0 Å². The van der Waals surface area contributed by atoms with E-state index in [0.717, 1.165) is 11.3 Å². The molecule has 0 heterocycles. The van der Waals surface area contributed by atoms with Gasteiger partial charge in [-0.15, -0.1) is 0 Å². The number of amides is 1. The number of esters is 1. The zero-order valence-electron chi connectivity index (χ0n) is 14.6. The van der Waals surface area contributed by atoms with Crippen molar-refractivity contribution in [3.05, 3.63) is 65.7 Å². The van der Waals surface area contributed by atoms with Gasteiger partial charge in [-0.25, -0.2) is 4.79 Å². The maximum Gasteiger partial charge on any atom is 0.338 e. The van der Waals surface area contributed by atoms with E-state index >= 15 is 0 Å². The summed E-state index contributed by atoms with van der Waals surface area (Å²) >= 11 is 0. The Morgan fingerprint density at radius 1 is 0.958 bits per heavy atom. The number of nitrogens with zero attached hydrogens (tertiary/aromatic N) is 1. The van der Waals surface area contributed by atoms with Gasteiger partial charge in [0.15, 0.2) is 6.61 Å². The summed E-state index contributed by atoms with van der Waals surface area (Å²) < 4.78 is 5.13. The van der Waals surface area contributed by atoms with Gasteiger partial charge in [-0.05, 0) is 35.2 Å². The van der Waals surface area contributed by atoms with Crippen LogP contribution in [-0.2, 0) is 14.9 Å². The molecule has 0 atom stereocenters. The minimum absolute atomic E-state index is 0.0246. The van der Waals surface area contributed by atoms with E-state index in [2.05, 4.69) is 20.8 Å². The van der Waals surface area contributed by atoms with Gasteiger partial charge in [0.2, 0.25) is 0 Å². The van der Waals surface area contributed by atoms with Gasteiger partial charge >= 0.3 is 5.97 Å². The maximum atomic E-state index is 12.1. The van der Waals surface area contributed by atoms with E-state index < -0.39 is 5.97 Å². The van der Waals surface area contributed by atoms with Crippen LogP contribution in [0.5, 0.6) is 0 Å². The molecule has 0 spiro atoms. The van der Waals surface area contributed by atoms with Crippen molar-refractivity contribution in [1.82, 2.24) is 0 Å². The third kappa shape index (κ3) is 4.44.